The van der Waals surface area contributed by atoms with E-state index < -0.39 is 29.7 Å². The minimum atomic E-state index is -0.829. The van der Waals surface area contributed by atoms with E-state index in [9.17, 15) is 19.2 Å². The zero-order valence-corrected chi connectivity index (χ0v) is 15.2. The number of nitrogens with one attached hydrogen (secondary N) is 3. The van der Waals surface area contributed by atoms with Crippen LogP contribution in [-0.4, -0.2) is 42.1 Å². The van der Waals surface area contributed by atoms with Gasteiger partial charge in [0, 0.05) is 13.0 Å². The van der Waals surface area contributed by atoms with Crippen molar-refractivity contribution in [1.29, 1.82) is 0 Å². The highest BCUT2D eigenvalue weighted by Crippen LogP contribution is 2.10. The standard InChI is InChI=1S/C17H23N3O4S/c1-10(2)14(20-13(21)4-3-11-6-8-25-9-11)16(23)19-12-5-7-18-17(24)15(12)22/h6,8-10,12,14H,3-5,7H2,1-2H3,(H,18,24)(H,19,23)(H,20,21). The Balaban J connectivity index is 1.90. The van der Waals surface area contributed by atoms with Crippen LogP contribution in [0.3, 0.4) is 0 Å². The van der Waals surface area contributed by atoms with Crippen LogP contribution in [0, 0.1) is 5.92 Å². The van der Waals surface area contributed by atoms with E-state index in [-0.39, 0.29) is 18.2 Å². The second-order valence-electron chi connectivity index (χ2n) is 6.39. The highest BCUT2D eigenvalue weighted by atomic mass is 32.1. The molecule has 3 amide bonds. The normalized spacial score (nSPS) is 18.6. The van der Waals surface area contributed by atoms with Crippen LogP contribution in [0.15, 0.2) is 16.8 Å². The van der Waals surface area contributed by atoms with Crippen molar-refractivity contribution in [2.24, 2.45) is 5.92 Å². The average Bonchev–Trinajstić information content (AvgIpc) is 3.08. The Morgan fingerprint density at radius 1 is 1.36 bits per heavy atom. The quantitative estimate of drug-likeness (QED) is 0.608. The topological polar surface area (TPSA) is 104 Å². The van der Waals surface area contributed by atoms with Crippen molar-refractivity contribution >= 4 is 34.8 Å². The lowest BCUT2D eigenvalue weighted by molar-refractivity contribution is -0.142. The Labute approximate surface area is 150 Å². The lowest BCUT2D eigenvalue weighted by atomic mass is 10.00. The number of Topliss-reactive ketones (excluding diaryl/α,β-unsaturated/α-hetero) is 1. The maximum absolute atomic E-state index is 12.5. The molecule has 0 aliphatic carbocycles. The third-order valence-corrected chi connectivity index (χ3v) is 4.79. The molecule has 0 radical (unpaired) electrons. The van der Waals surface area contributed by atoms with E-state index in [4.69, 9.17) is 0 Å². The molecular weight excluding hydrogens is 342 g/mol. The summed E-state index contributed by atoms with van der Waals surface area (Å²) < 4.78 is 0. The lowest BCUT2D eigenvalue weighted by Crippen LogP contribution is -2.58. The number of aryl methyl sites for hydroxylation is 1. The largest absolute Gasteiger partial charge is 0.349 e. The first kappa shape index (κ1) is 19.1. The molecule has 1 aliphatic rings. The first-order valence-electron chi connectivity index (χ1n) is 8.31. The van der Waals surface area contributed by atoms with Crippen LogP contribution in [0.1, 0.15) is 32.3 Å². The minimum absolute atomic E-state index is 0.141. The van der Waals surface area contributed by atoms with Gasteiger partial charge in [-0.25, -0.2) is 0 Å². The van der Waals surface area contributed by atoms with Gasteiger partial charge in [-0.05, 0) is 41.1 Å². The van der Waals surface area contributed by atoms with Gasteiger partial charge in [0.1, 0.15) is 6.04 Å². The molecule has 0 aromatic carbocycles. The summed E-state index contributed by atoms with van der Waals surface area (Å²) in [5, 5.41) is 11.7. The van der Waals surface area contributed by atoms with Crippen LogP contribution in [0.5, 0.6) is 0 Å². The van der Waals surface area contributed by atoms with Gasteiger partial charge in [-0.15, -0.1) is 0 Å². The van der Waals surface area contributed by atoms with Crippen LogP contribution in [0.4, 0.5) is 0 Å². The van der Waals surface area contributed by atoms with Crippen LogP contribution in [0.25, 0.3) is 0 Å². The van der Waals surface area contributed by atoms with Gasteiger partial charge in [0.05, 0.1) is 6.04 Å². The molecule has 3 N–H and O–H groups in total. The van der Waals surface area contributed by atoms with E-state index in [2.05, 4.69) is 16.0 Å². The Morgan fingerprint density at radius 3 is 2.76 bits per heavy atom. The van der Waals surface area contributed by atoms with E-state index in [0.29, 0.717) is 19.4 Å². The van der Waals surface area contributed by atoms with Crippen LogP contribution in [0.2, 0.25) is 0 Å². The van der Waals surface area contributed by atoms with E-state index in [0.717, 1.165) is 5.56 Å². The van der Waals surface area contributed by atoms with Crippen LogP contribution >= 0.6 is 11.3 Å². The molecule has 1 saturated heterocycles. The Morgan fingerprint density at radius 2 is 2.12 bits per heavy atom. The number of ketones is 1. The average molecular weight is 365 g/mol. The second-order valence-corrected chi connectivity index (χ2v) is 7.17. The van der Waals surface area contributed by atoms with Crippen molar-refractivity contribution in [1.82, 2.24) is 16.0 Å². The molecule has 0 saturated carbocycles. The molecule has 136 valence electrons. The van der Waals surface area contributed by atoms with Gasteiger partial charge in [-0.3, -0.25) is 19.2 Å². The molecule has 2 rings (SSSR count). The van der Waals surface area contributed by atoms with Crippen molar-refractivity contribution in [3.8, 4) is 0 Å². The number of carbonyl (C=O) groups excluding carboxylic acids is 4. The summed E-state index contributed by atoms with van der Waals surface area (Å²) in [5.41, 5.74) is 1.09. The molecule has 1 aromatic rings. The van der Waals surface area contributed by atoms with Gasteiger partial charge >= 0.3 is 0 Å². The van der Waals surface area contributed by atoms with E-state index in [1.165, 1.54) is 0 Å². The number of thiophene rings is 1. The summed E-state index contributed by atoms with van der Waals surface area (Å²) in [6.07, 6.45) is 1.26. The summed E-state index contributed by atoms with van der Waals surface area (Å²) in [5.74, 6) is -2.12. The van der Waals surface area contributed by atoms with Crippen LogP contribution < -0.4 is 16.0 Å². The third-order valence-electron chi connectivity index (χ3n) is 4.06. The van der Waals surface area contributed by atoms with Crippen molar-refractivity contribution in [2.75, 3.05) is 6.54 Å². The molecule has 2 atom stereocenters. The summed E-state index contributed by atoms with van der Waals surface area (Å²) in [6, 6.07) is 0.391. The molecular formula is C17H23N3O4S. The number of amides is 3. The molecule has 2 heterocycles. The molecule has 1 fully saturated rings. The maximum Gasteiger partial charge on any atom is 0.289 e. The zero-order valence-electron chi connectivity index (χ0n) is 14.3. The van der Waals surface area contributed by atoms with Gasteiger partial charge in [-0.1, -0.05) is 13.8 Å². The molecule has 8 heteroatoms. The number of hydrogen-bond acceptors (Lipinski definition) is 5. The van der Waals surface area contributed by atoms with Crippen molar-refractivity contribution in [3.05, 3.63) is 22.4 Å². The smallest absolute Gasteiger partial charge is 0.289 e. The number of piperidine rings is 1. The van der Waals surface area contributed by atoms with Gasteiger partial charge < -0.3 is 16.0 Å². The molecule has 25 heavy (non-hydrogen) atoms. The summed E-state index contributed by atoms with van der Waals surface area (Å²) >= 11 is 1.57. The zero-order chi connectivity index (χ0) is 18.4. The first-order valence-corrected chi connectivity index (χ1v) is 9.25. The predicted molar refractivity (Wildman–Crippen MR) is 94.0 cm³/mol. The van der Waals surface area contributed by atoms with E-state index in [1.54, 1.807) is 11.3 Å². The van der Waals surface area contributed by atoms with Gasteiger partial charge in [-0.2, -0.15) is 11.3 Å². The fourth-order valence-corrected chi connectivity index (χ4v) is 3.28. The minimum Gasteiger partial charge on any atom is -0.349 e. The van der Waals surface area contributed by atoms with E-state index >= 15 is 0 Å². The summed E-state index contributed by atoms with van der Waals surface area (Å²) in [6.45, 7) is 3.98. The SMILES string of the molecule is CC(C)C(NC(=O)CCc1ccsc1)C(=O)NC1CCNC(=O)C1=O. The number of hydrogen-bond donors (Lipinski definition) is 3. The number of carbonyl (C=O) groups is 4. The second kappa shape index (κ2) is 8.75. The van der Waals surface area contributed by atoms with Crippen molar-refractivity contribution in [2.45, 2.75) is 45.2 Å². The highest BCUT2D eigenvalue weighted by molar-refractivity contribution is 7.07. The Bertz CT molecular complexity index is 642. The molecule has 0 spiro atoms. The predicted octanol–water partition coefficient (Wildman–Crippen LogP) is 0.395. The Hall–Kier alpha value is -2.22. The summed E-state index contributed by atoms with van der Waals surface area (Å²) in [7, 11) is 0. The molecule has 7 nitrogen and oxygen atoms in total. The van der Waals surface area contributed by atoms with Crippen LogP contribution in [-0.2, 0) is 25.6 Å². The van der Waals surface area contributed by atoms with Gasteiger partial charge in [0.2, 0.25) is 17.6 Å². The monoisotopic (exact) mass is 365 g/mol. The fourth-order valence-electron chi connectivity index (χ4n) is 2.58. The van der Waals surface area contributed by atoms with Gasteiger partial charge in [0.15, 0.2) is 0 Å². The van der Waals surface area contributed by atoms with E-state index in [1.807, 2.05) is 30.7 Å². The molecule has 2 unspecified atom stereocenters. The molecule has 1 aliphatic heterocycles. The number of rotatable bonds is 7. The Kier molecular flexibility index (Phi) is 6.69. The molecule has 0 bridgehead atoms. The highest BCUT2D eigenvalue weighted by Gasteiger charge is 2.33. The van der Waals surface area contributed by atoms with Gasteiger partial charge in [0.25, 0.3) is 5.91 Å². The maximum atomic E-state index is 12.5. The molecule has 1 aromatic heterocycles. The fraction of sp³-hybridized carbons (Fsp3) is 0.529. The van der Waals surface area contributed by atoms with Crippen molar-refractivity contribution < 1.29 is 19.2 Å². The third kappa shape index (κ3) is 5.38. The summed E-state index contributed by atoms with van der Waals surface area (Å²) in [4.78, 5) is 47.8. The van der Waals surface area contributed by atoms with Crippen molar-refractivity contribution in [3.63, 3.8) is 0 Å². The first-order chi connectivity index (χ1) is 11.9. The lowest BCUT2D eigenvalue weighted by Gasteiger charge is -2.26.